The van der Waals surface area contributed by atoms with Gasteiger partial charge in [-0.1, -0.05) is 0 Å². The molecule has 0 aliphatic carbocycles. The van der Waals surface area contributed by atoms with E-state index in [9.17, 15) is 18.3 Å². The average molecular weight is 278 g/mol. The minimum Gasteiger partial charge on any atom is -0.508 e. The lowest BCUT2D eigenvalue weighted by Crippen LogP contribution is -2.42. The van der Waals surface area contributed by atoms with Crippen LogP contribution >= 0.6 is 11.8 Å². The molecule has 1 aromatic rings. The van der Waals surface area contributed by atoms with E-state index in [0.29, 0.717) is 12.1 Å². The van der Waals surface area contributed by atoms with Crippen molar-refractivity contribution < 1.29 is 18.3 Å². The fourth-order valence-corrected chi connectivity index (χ4v) is 2.47. The molecular weight excluding hydrogens is 265 g/mol. The van der Waals surface area contributed by atoms with Gasteiger partial charge in [0.15, 0.2) is 0 Å². The molecule has 1 heterocycles. The third kappa shape index (κ3) is 3.54. The largest absolute Gasteiger partial charge is 0.508 e. The minimum atomic E-state index is -4.31. The number of alkyl halides is 3. The first kappa shape index (κ1) is 13.5. The Labute approximate surface area is 107 Å². The molecule has 0 spiro atoms. The molecule has 2 rings (SSSR count). The standard InChI is InChI=1S/C11H13F3N2OS/c12-11(13,14)18-7-1-2-10(17)8(5-7)9-6-15-3-4-16-9/h1-2,5,9,15-17H,3-4,6H2/t9-/m1/s1. The van der Waals surface area contributed by atoms with E-state index in [4.69, 9.17) is 0 Å². The summed E-state index contributed by atoms with van der Waals surface area (Å²) in [7, 11) is 0. The first-order chi connectivity index (χ1) is 8.46. The van der Waals surface area contributed by atoms with Crippen LogP contribution in [0.4, 0.5) is 13.2 Å². The zero-order valence-electron chi connectivity index (χ0n) is 9.42. The summed E-state index contributed by atoms with van der Waals surface area (Å²) >= 11 is -0.172. The molecule has 18 heavy (non-hydrogen) atoms. The predicted molar refractivity (Wildman–Crippen MR) is 63.6 cm³/mol. The molecule has 0 unspecified atom stereocenters. The highest BCUT2D eigenvalue weighted by Crippen LogP contribution is 2.39. The van der Waals surface area contributed by atoms with Gasteiger partial charge in [0.2, 0.25) is 0 Å². The van der Waals surface area contributed by atoms with Crippen LogP contribution in [0.3, 0.4) is 0 Å². The van der Waals surface area contributed by atoms with Gasteiger partial charge in [-0.25, -0.2) is 0 Å². The number of piperazine rings is 1. The third-order valence-electron chi connectivity index (χ3n) is 2.65. The molecular formula is C11H13F3N2OS. The Kier molecular flexibility index (Phi) is 4.04. The van der Waals surface area contributed by atoms with Crippen LogP contribution in [0.15, 0.2) is 23.1 Å². The van der Waals surface area contributed by atoms with Crippen molar-refractivity contribution in [3.05, 3.63) is 23.8 Å². The number of nitrogens with one attached hydrogen (secondary N) is 2. The predicted octanol–water partition coefficient (Wildman–Crippen LogP) is 2.24. The van der Waals surface area contributed by atoms with Gasteiger partial charge in [0.25, 0.3) is 0 Å². The molecule has 1 saturated heterocycles. The summed E-state index contributed by atoms with van der Waals surface area (Å²) in [6.07, 6.45) is 0. The summed E-state index contributed by atoms with van der Waals surface area (Å²) in [5.74, 6) is 0.0164. The van der Waals surface area contributed by atoms with Crippen molar-refractivity contribution >= 4 is 11.8 Å². The van der Waals surface area contributed by atoms with Crippen LogP contribution in [0.5, 0.6) is 5.75 Å². The topological polar surface area (TPSA) is 44.3 Å². The monoisotopic (exact) mass is 278 g/mol. The van der Waals surface area contributed by atoms with Gasteiger partial charge in [-0.15, -0.1) is 0 Å². The number of hydrogen-bond acceptors (Lipinski definition) is 4. The quantitative estimate of drug-likeness (QED) is 0.726. The summed E-state index contributed by atoms with van der Waals surface area (Å²) in [4.78, 5) is 0.0858. The smallest absolute Gasteiger partial charge is 0.446 e. The molecule has 1 aliphatic heterocycles. The Bertz CT molecular complexity index is 419. The molecule has 0 radical (unpaired) electrons. The maximum atomic E-state index is 12.3. The highest BCUT2D eigenvalue weighted by Gasteiger charge is 2.30. The number of rotatable bonds is 2. The van der Waals surface area contributed by atoms with Crippen LogP contribution in [-0.4, -0.2) is 30.2 Å². The Hall–Kier alpha value is -0.920. The summed E-state index contributed by atoms with van der Waals surface area (Å²) in [6, 6.07) is 3.80. The van der Waals surface area contributed by atoms with Crippen molar-refractivity contribution in [3.63, 3.8) is 0 Å². The molecule has 0 bridgehead atoms. The zero-order chi connectivity index (χ0) is 13.2. The van der Waals surface area contributed by atoms with Crippen LogP contribution in [0, 0.1) is 0 Å². The molecule has 0 aromatic heterocycles. The summed E-state index contributed by atoms with van der Waals surface area (Å²) < 4.78 is 36.9. The molecule has 0 saturated carbocycles. The van der Waals surface area contributed by atoms with Crippen molar-refractivity contribution in [2.45, 2.75) is 16.4 Å². The van der Waals surface area contributed by atoms with Gasteiger partial charge in [-0.2, -0.15) is 13.2 Å². The lowest BCUT2D eigenvalue weighted by molar-refractivity contribution is -0.0328. The van der Waals surface area contributed by atoms with E-state index >= 15 is 0 Å². The van der Waals surface area contributed by atoms with Gasteiger partial charge in [-0.3, -0.25) is 0 Å². The number of phenolic OH excluding ortho intramolecular Hbond substituents is 1. The van der Waals surface area contributed by atoms with Crippen molar-refractivity contribution in [1.82, 2.24) is 10.6 Å². The zero-order valence-corrected chi connectivity index (χ0v) is 10.2. The molecule has 0 amide bonds. The van der Waals surface area contributed by atoms with Gasteiger partial charge in [0.05, 0.1) is 0 Å². The average Bonchev–Trinajstić information content (AvgIpc) is 2.31. The Morgan fingerprint density at radius 2 is 2.06 bits per heavy atom. The molecule has 3 N–H and O–H groups in total. The number of benzene rings is 1. The van der Waals surface area contributed by atoms with E-state index < -0.39 is 5.51 Å². The normalized spacial score (nSPS) is 20.9. The summed E-state index contributed by atoms with van der Waals surface area (Å²) in [5.41, 5.74) is -3.82. The molecule has 1 aliphatic rings. The SMILES string of the molecule is Oc1ccc(SC(F)(F)F)cc1[C@H]1CNCCN1. The van der Waals surface area contributed by atoms with Crippen LogP contribution < -0.4 is 10.6 Å². The van der Waals surface area contributed by atoms with E-state index in [0.717, 1.165) is 13.1 Å². The second-order valence-electron chi connectivity index (χ2n) is 3.98. The van der Waals surface area contributed by atoms with E-state index in [2.05, 4.69) is 10.6 Å². The van der Waals surface area contributed by atoms with Crippen LogP contribution in [0.25, 0.3) is 0 Å². The van der Waals surface area contributed by atoms with E-state index in [-0.39, 0.29) is 28.4 Å². The Morgan fingerprint density at radius 1 is 1.28 bits per heavy atom. The number of thioether (sulfide) groups is 1. The molecule has 7 heteroatoms. The number of hydrogen-bond donors (Lipinski definition) is 3. The van der Waals surface area contributed by atoms with E-state index in [1.807, 2.05) is 0 Å². The van der Waals surface area contributed by atoms with Crippen LogP contribution in [0.1, 0.15) is 11.6 Å². The fourth-order valence-electron chi connectivity index (χ4n) is 1.88. The lowest BCUT2D eigenvalue weighted by Gasteiger charge is -2.25. The van der Waals surface area contributed by atoms with Gasteiger partial charge < -0.3 is 15.7 Å². The van der Waals surface area contributed by atoms with E-state index in [1.54, 1.807) is 0 Å². The Morgan fingerprint density at radius 3 is 2.67 bits per heavy atom. The summed E-state index contributed by atoms with van der Waals surface area (Å²) in [6.45, 7) is 2.13. The third-order valence-corrected chi connectivity index (χ3v) is 3.37. The second kappa shape index (κ2) is 5.38. The Balaban J connectivity index is 2.20. The summed E-state index contributed by atoms with van der Waals surface area (Å²) in [5, 5.41) is 16.0. The second-order valence-corrected chi connectivity index (χ2v) is 5.12. The molecule has 1 aromatic carbocycles. The number of aromatic hydroxyl groups is 1. The van der Waals surface area contributed by atoms with Crippen molar-refractivity contribution in [2.24, 2.45) is 0 Å². The number of halogens is 3. The van der Waals surface area contributed by atoms with Crippen molar-refractivity contribution in [3.8, 4) is 5.75 Å². The maximum Gasteiger partial charge on any atom is 0.446 e. The molecule has 1 atom stereocenters. The maximum absolute atomic E-state index is 12.3. The van der Waals surface area contributed by atoms with E-state index in [1.165, 1.54) is 18.2 Å². The fraction of sp³-hybridized carbons (Fsp3) is 0.455. The highest BCUT2D eigenvalue weighted by atomic mass is 32.2. The first-order valence-corrected chi connectivity index (χ1v) is 6.30. The highest BCUT2D eigenvalue weighted by molar-refractivity contribution is 8.00. The van der Waals surface area contributed by atoms with Crippen molar-refractivity contribution in [2.75, 3.05) is 19.6 Å². The molecule has 3 nitrogen and oxygen atoms in total. The van der Waals surface area contributed by atoms with Gasteiger partial charge in [0, 0.05) is 36.1 Å². The van der Waals surface area contributed by atoms with Crippen molar-refractivity contribution in [1.29, 1.82) is 0 Å². The lowest BCUT2D eigenvalue weighted by atomic mass is 10.0. The van der Waals surface area contributed by atoms with Gasteiger partial charge in [0.1, 0.15) is 5.75 Å². The molecule has 100 valence electrons. The van der Waals surface area contributed by atoms with Gasteiger partial charge in [-0.05, 0) is 30.0 Å². The van der Waals surface area contributed by atoms with Gasteiger partial charge >= 0.3 is 5.51 Å². The number of phenols is 1. The first-order valence-electron chi connectivity index (χ1n) is 5.48. The van der Waals surface area contributed by atoms with Crippen LogP contribution in [0.2, 0.25) is 0 Å². The van der Waals surface area contributed by atoms with Crippen LogP contribution in [-0.2, 0) is 0 Å². The molecule has 1 fully saturated rings. The minimum absolute atomic E-state index is 0.0164.